The SMILES string of the molecule is CCOc1cc(Oc2nnc(C(F)(F)F)c(C)c2C(=O)Nc2cccc(S(C)(=N)=O)c2)c(F)cc1F. The minimum Gasteiger partial charge on any atom is -0.491 e. The number of benzene rings is 2. The zero-order valence-electron chi connectivity index (χ0n) is 19.0. The molecule has 0 aliphatic carbocycles. The van der Waals surface area contributed by atoms with E-state index in [2.05, 4.69) is 15.5 Å². The van der Waals surface area contributed by atoms with E-state index in [1.54, 1.807) is 6.92 Å². The van der Waals surface area contributed by atoms with Gasteiger partial charge < -0.3 is 14.8 Å². The standard InChI is InChI=1S/C22H19F5N4O4S/c1-4-34-16-10-17(15(24)9-14(16)23)35-21-18(11(2)19(30-31-21)22(25,26)27)20(32)29-12-6-5-7-13(8-12)36(3,28)33/h5-10,28H,4H2,1-3H3,(H,29,32). The van der Waals surface area contributed by atoms with Crippen molar-refractivity contribution in [2.24, 2.45) is 0 Å². The van der Waals surface area contributed by atoms with Crippen molar-refractivity contribution in [1.29, 1.82) is 4.78 Å². The Morgan fingerprint density at radius 2 is 1.78 bits per heavy atom. The molecule has 0 spiro atoms. The number of anilines is 1. The summed E-state index contributed by atoms with van der Waals surface area (Å²) >= 11 is 0. The predicted molar refractivity (Wildman–Crippen MR) is 119 cm³/mol. The van der Waals surface area contributed by atoms with E-state index in [9.17, 15) is 31.0 Å². The summed E-state index contributed by atoms with van der Waals surface area (Å²) in [7, 11) is -3.16. The number of carbonyl (C=O) groups is 1. The molecule has 36 heavy (non-hydrogen) atoms. The molecule has 1 atom stereocenters. The Morgan fingerprint density at radius 1 is 1.11 bits per heavy atom. The quantitative estimate of drug-likeness (QED) is 0.387. The number of carbonyl (C=O) groups excluding carboxylic acids is 1. The summed E-state index contributed by atoms with van der Waals surface area (Å²) in [6.45, 7) is 2.52. The molecule has 0 saturated heterocycles. The van der Waals surface area contributed by atoms with Crippen molar-refractivity contribution in [2.75, 3.05) is 18.2 Å². The van der Waals surface area contributed by atoms with Gasteiger partial charge in [0.25, 0.3) is 11.8 Å². The van der Waals surface area contributed by atoms with Crippen LogP contribution in [0.4, 0.5) is 27.6 Å². The molecule has 0 saturated carbocycles. The van der Waals surface area contributed by atoms with Gasteiger partial charge in [0.05, 0.1) is 16.3 Å². The van der Waals surface area contributed by atoms with Crippen LogP contribution in [0.25, 0.3) is 0 Å². The maximum atomic E-state index is 14.4. The molecule has 3 rings (SSSR count). The van der Waals surface area contributed by atoms with Gasteiger partial charge in [0.2, 0.25) is 0 Å². The van der Waals surface area contributed by atoms with Crippen molar-refractivity contribution >= 4 is 21.3 Å². The minimum atomic E-state index is -4.98. The largest absolute Gasteiger partial charge is 0.491 e. The van der Waals surface area contributed by atoms with Crippen molar-refractivity contribution in [1.82, 2.24) is 10.2 Å². The van der Waals surface area contributed by atoms with Crippen molar-refractivity contribution in [3.05, 3.63) is 64.9 Å². The summed E-state index contributed by atoms with van der Waals surface area (Å²) in [5.74, 6) is -5.28. The van der Waals surface area contributed by atoms with Gasteiger partial charge >= 0.3 is 6.18 Å². The molecule has 2 aromatic carbocycles. The average molecular weight is 530 g/mol. The molecule has 3 aromatic rings. The third kappa shape index (κ3) is 5.87. The Bertz CT molecular complexity index is 1430. The lowest BCUT2D eigenvalue weighted by molar-refractivity contribution is -0.142. The first-order chi connectivity index (χ1) is 16.7. The van der Waals surface area contributed by atoms with Gasteiger partial charge in [0, 0.05) is 29.0 Å². The highest BCUT2D eigenvalue weighted by molar-refractivity contribution is 7.91. The maximum Gasteiger partial charge on any atom is 0.435 e. The molecule has 1 unspecified atom stereocenters. The van der Waals surface area contributed by atoms with Gasteiger partial charge in [-0.3, -0.25) is 4.79 Å². The van der Waals surface area contributed by atoms with Crippen LogP contribution in [0.1, 0.15) is 28.5 Å². The van der Waals surface area contributed by atoms with Crippen LogP contribution >= 0.6 is 0 Å². The summed E-state index contributed by atoms with van der Waals surface area (Å²) < 4.78 is 98.6. The number of halogens is 5. The molecule has 2 N–H and O–H groups in total. The monoisotopic (exact) mass is 530 g/mol. The zero-order valence-corrected chi connectivity index (χ0v) is 19.8. The Morgan fingerprint density at radius 3 is 2.39 bits per heavy atom. The number of rotatable bonds is 7. The number of aromatic nitrogens is 2. The molecule has 0 aliphatic rings. The first kappa shape index (κ1) is 26.8. The van der Waals surface area contributed by atoms with Gasteiger partial charge in [-0.15, -0.1) is 10.2 Å². The minimum absolute atomic E-state index is 0.0154. The van der Waals surface area contributed by atoms with Crippen LogP contribution in [0.15, 0.2) is 41.3 Å². The third-order valence-corrected chi connectivity index (χ3v) is 5.87. The molecule has 0 fully saturated rings. The fourth-order valence-electron chi connectivity index (χ4n) is 3.08. The zero-order chi connectivity index (χ0) is 26.8. The van der Waals surface area contributed by atoms with Crippen LogP contribution in [0.2, 0.25) is 0 Å². The van der Waals surface area contributed by atoms with Gasteiger partial charge in [0.1, 0.15) is 5.56 Å². The Hall–Kier alpha value is -3.81. The van der Waals surface area contributed by atoms with Gasteiger partial charge in [-0.25, -0.2) is 17.8 Å². The maximum absolute atomic E-state index is 14.4. The van der Waals surface area contributed by atoms with Crippen molar-refractivity contribution < 1.29 is 40.4 Å². The van der Waals surface area contributed by atoms with Gasteiger partial charge in [-0.1, -0.05) is 6.07 Å². The highest BCUT2D eigenvalue weighted by Gasteiger charge is 2.38. The van der Waals surface area contributed by atoms with Crippen molar-refractivity contribution in [3.8, 4) is 17.4 Å². The number of ether oxygens (including phenoxy) is 2. The lowest BCUT2D eigenvalue weighted by Gasteiger charge is -2.17. The molecule has 1 heterocycles. The van der Waals surface area contributed by atoms with Gasteiger partial charge in [-0.05, 0) is 37.6 Å². The van der Waals surface area contributed by atoms with Crippen LogP contribution < -0.4 is 14.8 Å². The van der Waals surface area contributed by atoms with Crippen molar-refractivity contribution in [3.63, 3.8) is 0 Å². The van der Waals surface area contributed by atoms with E-state index in [1.807, 2.05) is 0 Å². The number of nitrogens with zero attached hydrogens (tertiary/aromatic N) is 2. The molecule has 192 valence electrons. The summed E-state index contributed by atoms with van der Waals surface area (Å²) in [6, 6.07) is 6.61. The molecular weight excluding hydrogens is 511 g/mol. The number of amides is 1. The summed E-state index contributed by atoms with van der Waals surface area (Å²) in [6.07, 6.45) is -3.83. The van der Waals surface area contributed by atoms with E-state index in [0.29, 0.717) is 6.07 Å². The molecule has 0 radical (unpaired) electrons. The molecule has 8 nitrogen and oxygen atoms in total. The second-order valence-electron chi connectivity index (χ2n) is 7.43. The molecule has 14 heteroatoms. The summed E-state index contributed by atoms with van der Waals surface area (Å²) in [5, 5.41) is 8.74. The molecule has 0 aliphatic heterocycles. The highest BCUT2D eigenvalue weighted by atomic mass is 32.2. The predicted octanol–water partition coefficient (Wildman–Crippen LogP) is 5.56. The Balaban J connectivity index is 2.10. The highest BCUT2D eigenvalue weighted by Crippen LogP contribution is 2.36. The van der Waals surface area contributed by atoms with Crippen molar-refractivity contribution in [2.45, 2.75) is 24.9 Å². The summed E-state index contributed by atoms with van der Waals surface area (Å²) in [4.78, 5) is 13.1. The van der Waals surface area contributed by atoms with E-state index < -0.39 is 67.6 Å². The Kier molecular flexibility index (Phi) is 7.48. The van der Waals surface area contributed by atoms with Crippen LogP contribution in [-0.2, 0) is 15.9 Å². The lowest BCUT2D eigenvalue weighted by Crippen LogP contribution is -2.21. The fourth-order valence-corrected chi connectivity index (χ4v) is 3.77. The average Bonchev–Trinajstić information content (AvgIpc) is 2.76. The van der Waals surface area contributed by atoms with E-state index in [-0.39, 0.29) is 17.2 Å². The second-order valence-corrected chi connectivity index (χ2v) is 9.58. The topological polar surface area (TPSA) is 114 Å². The molecular formula is C22H19F5N4O4S. The molecule has 1 aromatic heterocycles. The van der Waals surface area contributed by atoms with Crippen LogP contribution in [0.3, 0.4) is 0 Å². The number of hydrogen-bond donors (Lipinski definition) is 2. The van der Waals surface area contributed by atoms with Crippen LogP contribution in [0, 0.1) is 23.3 Å². The first-order valence-electron chi connectivity index (χ1n) is 10.1. The number of alkyl halides is 3. The summed E-state index contributed by atoms with van der Waals surface area (Å²) in [5.41, 5.74) is -2.87. The van der Waals surface area contributed by atoms with E-state index >= 15 is 0 Å². The normalized spacial score (nSPS) is 13.1. The van der Waals surface area contributed by atoms with Crippen LogP contribution in [0.5, 0.6) is 17.4 Å². The smallest absolute Gasteiger partial charge is 0.435 e. The van der Waals surface area contributed by atoms with E-state index in [1.165, 1.54) is 24.3 Å². The second kappa shape index (κ2) is 10.0. The van der Waals surface area contributed by atoms with E-state index in [0.717, 1.165) is 19.2 Å². The van der Waals surface area contributed by atoms with Crippen LogP contribution in [-0.4, -0.2) is 33.2 Å². The Labute approximate surface area is 202 Å². The lowest BCUT2D eigenvalue weighted by atomic mass is 10.1. The molecule has 0 bridgehead atoms. The first-order valence-corrected chi connectivity index (χ1v) is 12.1. The van der Waals surface area contributed by atoms with Gasteiger partial charge in [0.15, 0.2) is 28.8 Å². The fraction of sp³-hybridized carbons (Fsp3) is 0.227. The number of hydrogen-bond acceptors (Lipinski definition) is 7. The molecule has 1 amide bonds. The third-order valence-electron chi connectivity index (χ3n) is 4.72. The van der Waals surface area contributed by atoms with Gasteiger partial charge in [-0.2, -0.15) is 13.2 Å². The van der Waals surface area contributed by atoms with E-state index in [4.69, 9.17) is 14.3 Å². The number of nitrogens with one attached hydrogen (secondary N) is 2.